The van der Waals surface area contributed by atoms with Crippen LogP contribution in [-0.4, -0.2) is 46.9 Å². The van der Waals surface area contributed by atoms with Crippen molar-refractivity contribution in [3.05, 3.63) is 66.5 Å². The number of ketones is 1. The number of hydrogen-bond donors (Lipinski definition) is 1. The number of carbonyl (C=O) groups excluding carboxylic acids is 1. The minimum Gasteiger partial charge on any atom is -0.353 e. The summed E-state index contributed by atoms with van der Waals surface area (Å²) < 4.78 is 0. The predicted octanol–water partition coefficient (Wildman–Crippen LogP) is 3.14. The molecular weight excluding hydrogens is 352 g/mol. The van der Waals surface area contributed by atoms with Gasteiger partial charge in [0.2, 0.25) is 5.95 Å². The molecule has 0 saturated carbocycles. The molecule has 0 radical (unpaired) electrons. The Morgan fingerprint density at radius 1 is 0.893 bits per heavy atom. The SMILES string of the molecule is CC(=O)c1cccc(Nc2nccc(N3CCN(c4ccccn4)CC3)n2)c1. The van der Waals surface area contributed by atoms with Gasteiger partial charge in [-0.2, -0.15) is 4.98 Å². The first-order valence-corrected chi connectivity index (χ1v) is 9.31. The van der Waals surface area contributed by atoms with Crippen molar-refractivity contribution in [1.82, 2.24) is 15.0 Å². The monoisotopic (exact) mass is 374 g/mol. The van der Waals surface area contributed by atoms with Gasteiger partial charge in [-0.3, -0.25) is 4.79 Å². The molecule has 0 bridgehead atoms. The Morgan fingerprint density at radius 3 is 2.39 bits per heavy atom. The number of nitrogens with one attached hydrogen (secondary N) is 1. The lowest BCUT2D eigenvalue weighted by Crippen LogP contribution is -2.47. The third kappa shape index (κ3) is 4.09. The van der Waals surface area contributed by atoms with Crippen LogP contribution in [0.15, 0.2) is 60.9 Å². The maximum Gasteiger partial charge on any atom is 0.229 e. The second-order valence-corrected chi connectivity index (χ2v) is 6.66. The predicted molar refractivity (Wildman–Crippen MR) is 110 cm³/mol. The molecule has 4 rings (SSSR count). The van der Waals surface area contributed by atoms with Gasteiger partial charge >= 0.3 is 0 Å². The first-order valence-electron chi connectivity index (χ1n) is 9.31. The molecule has 1 fully saturated rings. The molecule has 3 aromatic rings. The fourth-order valence-electron chi connectivity index (χ4n) is 3.24. The quantitative estimate of drug-likeness (QED) is 0.688. The van der Waals surface area contributed by atoms with Gasteiger partial charge in [0, 0.05) is 49.8 Å². The summed E-state index contributed by atoms with van der Waals surface area (Å²) in [6, 6.07) is 15.3. The minimum atomic E-state index is 0.0316. The fraction of sp³-hybridized carbons (Fsp3) is 0.238. The van der Waals surface area contributed by atoms with Crippen molar-refractivity contribution in [1.29, 1.82) is 0 Å². The molecule has 2 aromatic heterocycles. The highest BCUT2D eigenvalue weighted by atomic mass is 16.1. The number of piperazine rings is 1. The Morgan fingerprint density at radius 2 is 1.68 bits per heavy atom. The molecule has 142 valence electrons. The van der Waals surface area contributed by atoms with Crippen LogP contribution in [0, 0.1) is 0 Å². The molecule has 1 saturated heterocycles. The van der Waals surface area contributed by atoms with Crippen LogP contribution in [0.1, 0.15) is 17.3 Å². The number of pyridine rings is 1. The van der Waals surface area contributed by atoms with Crippen molar-refractivity contribution >= 4 is 29.1 Å². The molecule has 0 aliphatic carbocycles. The van der Waals surface area contributed by atoms with Crippen LogP contribution in [0.4, 0.5) is 23.3 Å². The van der Waals surface area contributed by atoms with Crippen LogP contribution in [0.5, 0.6) is 0 Å². The van der Waals surface area contributed by atoms with Gasteiger partial charge in [-0.25, -0.2) is 9.97 Å². The number of benzene rings is 1. The molecule has 0 atom stereocenters. The summed E-state index contributed by atoms with van der Waals surface area (Å²) in [7, 11) is 0. The van der Waals surface area contributed by atoms with Gasteiger partial charge < -0.3 is 15.1 Å². The second-order valence-electron chi connectivity index (χ2n) is 6.66. The highest BCUT2D eigenvalue weighted by Crippen LogP contribution is 2.20. The maximum absolute atomic E-state index is 11.6. The average molecular weight is 374 g/mol. The zero-order valence-electron chi connectivity index (χ0n) is 15.7. The Balaban J connectivity index is 1.43. The first-order chi connectivity index (χ1) is 13.7. The number of anilines is 4. The lowest BCUT2D eigenvalue weighted by molar-refractivity contribution is 0.101. The third-order valence-electron chi connectivity index (χ3n) is 4.74. The van der Waals surface area contributed by atoms with Gasteiger partial charge in [0.1, 0.15) is 11.6 Å². The number of rotatable bonds is 5. The molecule has 1 aliphatic heterocycles. The van der Waals surface area contributed by atoms with E-state index < -0.39 is 0 Å². The molecule has 3 heterocycles. The van der Waals surface area contributed by atoms with E-state index in [1.807, 2.05) is 48.7 Å². The lowest BCUT2D eigenvalue weighted by atomic mass is 10.1. The van der Waals surface area contributed by atoms with Crippen LogP contribution in [0.2, 0.25) is 0 Å². The van der Waals surface area contributed by atoms with E-state index in [0.717, 1.165) is 43.5 Å². The van der Waals surface area contributed by atoms with Crippen LogP contribution in [0.25, 0.3) is 0 Å². The molecule has 0 amide bonds. The van der Waals surface area contributed by atoms with Gasteiger partial charge in [0.15, 0.2) is 5.78 Å². The molecule has 0 spiro atoms. The van der Waals surface area contributed by atoms with E-state index >= 15 is 0 Å². The summed E-state index contributed by atoms with van der Waals surface area (Å²) in [5.41, 5.74) is 1.46. The van der Waals surface area contributed by atoms with Crippen molar-refractivity contribution in [3.63, 3.8) is 0 Å². The zero-order valence-corrected chi connectivity index (χ0v) is 15.7. The van der Waals surface area contributed by atoms with Crippen LogP contribution < -0.4 is 15.1 Å². The van der Waals surface area contributed by atoms with E-state index in [-0.39, 0.29) is 5.78 Å². The Kier molecular flexibility index (Phi) is 5.14. The Bertz CT molecular complexity index is 954. The summed E-state index contributed by atoms with van der Waals surface area (Å²) in [5, 5.41) is 3.19. The van der Waals surface area contributed by atoms with E-state index in [1.54, 1.807) is 19.2 Å². The van der Waals surface area contributed by atoms with Gasteiger partial charge in [0.05, 0.1) is 0 Å². The van der Waals surface area contributed by atoms with E-state index in [9.17, 15) is 4.79 Å². The number of Topliss-reactive ketones (excluding diaryl/α,β-unsaturated/α-hetero) is 1. The maximum atomic E-state index is 11.6. The normalized spacial score (nSPS) is 14.0. The van der Waals surface area contributed by atoms with Gasteiger partial charge in [-0.15, -0.1) is 0 Å². The zero-order chi connectivity index (χ0) is 19.3. The summed E-state index contributed by atoms with van der Waals surface area (Å²) in [5.74, 6) is 2.45. The lowest BCUT2D eigenvalue weighted by Gasteiger charge is -2.36. The number of carbonyl (C=O) groups is 1. The summed E-state index contributed by atoms with van der Waals surface area (Å²) in [4.78, 5) is 29.5. The summed E-state index contributed by atoms with van der Waals surface area (Å²) in [6.45, 7) is 5.08. The van der Waals surface area contributed by atoms with E-state index in [2.05, 4.69) is 30.1 Å². The van der Waals surface area contributed by atoms with Crippen molar-refractivity contribution in [2.45, 2.75) is 6.92 Å². The first kappa shape index (κ1) is 17.9. The average Bonchev–Trinajstić information content (AvgIpc) is 2.75. The molecule has 0 unspecified atom stereocenters. The Hall–Kier alpha value is -3.48. The smallest absolute Gasteiger partial charge is 0.229 e. The second kappa shape index (κ2) is 8.04. The molecule has 1 aliphatic rings. The van der Waals surface area contributed by atoms with Crippen LogP contribution >= 0.6 is 0 Å². The highest BCUT2D eigenvalue weighted by molar-refractivity contribution is 5.95. The van der Waals surface area contributed by atoms with Crippen molar-refractivity contribution < 1.29 is 4.79 Å². The molecule has 7 nitrogen and oxygen atoms in total. The van der Waals surface area contributed by atoms with Crippen molar-refractivity contribution in [2.75, 3.05) is 41.3 Å². The van der Waals surface area contributed by atoms with Crippen molar-refractivity contribution in [2.24, 2.45) is 0 Å². The van der Waals surface area contributed by atoms with Crippen LogP contribution in [-0.2, 0) is 0 Å². The molecule has 1 aromatic carbocycles. The Labute approximate surface area is 164 Å². The molecular formula is C21H22N6O. The van der Waals surface area contributed by atoms with Gasteiger partial charge in [-0.05, 0) is 37.3 Å². The van der Waals surface area contributed by atoms with E-state index in [0.29, 0.717) is 11.5 Å². The van der Waals surface area contributed by atoms with Crippen molar-refractivity contribution in [3.8, 4) is 0 Å². The number of aromatic nitrogens is 3. The minimum absolute atomic E-state index is 0.0316. The van der Waals surface area contributed by atoms with E-state index in [4.69, 9.17) is 0 Å². The summed E-state index contributed by atoms with van der Waals surface area (Å²) in [6.07, 6.45) is 3.58. The number of hydrogen-bond acceptors (Lipinski definition) is 7. The topological polar surface area (TPSA) is 74.2 Å². The molecule has 28 heavy (non-hydrogen) atoms. The molecule has 7 heteroatoms. The largest absolute Gasteiger partial charge is 0.353 e. The third-order valence-corrected chi connectivity index (χ3v) is 4.74. The number of nitrogens with zero attached hydrogens (tertiary/aromatic N) is 5. The molecule has 1 N–H and O–H groups in total. The highest BCUT2D eigenvalue weighted by Gasteiger charge is 2.19. The standard InChI is InChI=1S/C21H22N6O/c1-16(28)17-5-4-6-18(15-17)24-21-23-10-8-20(25-21)27-13-11-26(12-14-27)19-7-2-3-9-22-19/h2-10,15H,11-14H2,1H3,(H,23,24,25). The van der Waals surface area contributed by atoms with E-state index in [1.165, 1.54) is 0 Å². The fourth-order valence-corrected chi connectivity index (χ4v) is 3.24. The van der Waals surface area contributed by atoms with Gasteiger partial charge in [-0.1, -0.05) is 18.2 Å². The van der Waals surface area contributed by atoms with Crippen LogP contribution in [0.3, 0.4) is 0 Å². The van der Waals surface area contributed by atoms with Gasteiger partial charge in [0.25, 0.3) is 0 Å². The summed E-state index contributed by atoms with van der Waals surface area (Å²) >= 11 is 0.